The van der Waals surface area contributed by atoms with E-state index >= 15 is 0 Å². The van der Waals surface area contributed by atoms with E-state index in [4.69, 9.17) is 23.2 Å². The fraction of sp³-hybridized carbons (Fsp3) is 0.176. The summed E-state index contributed by atoms with van der Waals surface area (Å²) in [5.41, 5.74) is -1.23. The van der Waals surface area contributed by atoms with Crippen LogP contribution in [0.5, 0.6) is 0 Å². The van der Waals surface area contributed by atoms with E-state index in [2.05, 4.69) is 20.4 Å². The molecule has 0 radical (unpaired) electrons. The van der Waals surface area contributed by atoms with Gasteiger partial charge in [-0.2, -0.15) is 36.4 Å². The summed E-state index contributed by atoms with van der Waals surface area (Å²) in [6.07, 6.45) is -1.92. The Morgan fingerprint density at radius 1 is 1.14 bits per heavy atom. The second kappa shape index (κ2) is 9.02. The summed E-state index contributed by atoms with van der Waals surface area (Å²) in [6, 6.07) is 5.19. The number of hydrogen-bond donors (Lipinski definition) is 1. The van der Waals surface area contributed by atoms with Gasteiger partial charge in [-0.05, 0) is 37.3 Å². The molecule has 1 amide bonds. The van der Waals surface area contributed by atoms with Gasteiger partial charge in [-0.1, -0.05) is 23.2 Å². The Balaban J connectivity index is 0.00000300. The number of pyridine rings is 1. The fourth-order valence-corrected chi connectivity index (χ4v) is 2.79. The van der Waals surface area contributed by atoms with Gasteiger partial charge < -0.3 is 5.32 Å². The lowest BCUT2D eigenvalue weighted by Gasteiger charge is -2.15. The number of carbonyl (C=O) groups is 1. The van der Waals surface area contributed by atoms with Gasteiger partial charge in [0.05, 0.1) is 16.6 Å². The standard InChI is InChI=1S/C17H12Cl2F3N5O.H2S/c1-9(15-24-8-25-27(15)14-3-2-12(18)7-23-14)26-16(28)10-4-11(17(20,21)22)6-13(19)5-10;/h2-9H,1H3,(H,26,28);1H2/t9-;/m0./s1. The maximum absolute atomic E-state index is 12.9. The number of halogens is 5. The van der Waals surface area contributed by atoms with Crippen LogP contribution in [0.4, 0.5) is 13.2 Å². The van der Waals surface area contributed by atoms with Crippen molar-refractivity contribution in [1.82, 2.24) is 25.1 Å². The van der Waals surface area contributed by atoms with Crippen molar-refractivity contribution in [3.05, 3.63) is 69.9 Å². The molecule has 1 N–H and O–H groups in total. The topological polar surface area (TPSA) is 72.7 Å². The van der Waals surface area contributed by atoms with Crippen molar-refractivity contribution in [2.24, 2.45) is 0 Å². The lowest BCUT2D eigenvalue weighted by Crippen LogP contribution is -2.29. The minimum Gasteiger partial charge on any atom is -0.342 e. The van der Waals surface area contributed by atoms with Crippen LogP contribution in [0.15, 0.2) is 42.9 Å². The highest BCUT2D eigenvalue weighted by Gasteiger charge is 2.32. The number of amides is 1. The zero-order chi connectivity index (χ0) is 20.5. The predicted molar refractivity (Wildman–Crippen MR) is 107 cm³/mol. The maximum Gasteiger partial charge on any atom is 0.416 e. The predicted octanol–water partition coefficient (Wildman–Crippen LogP) is 4.59. The molecular formula is C17H14Cl2F3N5OS. The largest absolute Gasteiger partial charge is 0.416 e. The fourth-order valence-electron chi connectivity index (χ4n) is 2.44. The molecule has 6 nitrogen and oxygen atoms in total. The highest BCUT2D eigenvalue weighted by Crippen LogP contribution is 2.32. The zero-order valence-electron chi connectivity index (χ0n) is 14.7. The molecule has 0 saturated heterocycles. The minimum atomic E-state index is -4.62. The van der Waals surface area contributed by atoms with Gasteiger partial charge in [0.2, 0.25) is 0 Å². The molecule has 0 aliphatic heterocycles. The van der Waals surface area contributed by atoms with Crippen LogP contribution in [0.1, 0.15) is 34.7 Å². The number of rotatable bonds is 4. The SMILES string of the molecule is C[C@H](NC(=O)c1cc(Cl)cc(C(F)(F)F)c1)c1ncnn1-c1ccc(Cl)cn1.S. The van der Waals surface area contributed by atoms with Gasteiger partial charge in [-0.25, -0.2) is 9.97 Å². The third-order valence-electron chi connectivity index (χ3n) is 3.73. The van der Waals surface area contributed by atoms with Crippen molar-refractivity contribution in [2.45, 2.75) is 19.1 Å². The van der Waals surface area contributed by atoms with Crippen LogP contribution < -0.4 is 5.32 Å². The van der Waals surface area contributed by atoms with Crippen LogP contribution in [0.25, 0.3) is 5.82 Å². The lowest BCUT2D eigenvalue weighted by molar-refractivity contribution is -0.137. The van der Waals surface area contributed by atoms with E-state index in [1.807, 2.05) is 0 Å². The van der Waals surface area contributed by atoms with Crippen molar-refractivity contribution < 1.29 is 18.0 Å². The molecule has 2 aromatic heterocycles. The summed E-state index contributed by atoms with van der Waals surface area (Å²) >= 11 is 11.5. The van der Waals surface area contributed by atoms with Crippen molar-refractivity contribution in [3.63, 3.8) is 0 Å². The summed E-state index contributed by atoms with van der Waals surface area (Å²) in [7, 11) is 0. The van der Waals surface area contributed by atoms with Crippen molar-refractivity contribution in [2.75, 3.05) is 0 Å². The molecule has 0 unspecified atom stereocenters. The number of alkyl halides is 3. The smallest absolute Gasteiger partial charge is 0.342 e. The van der Waals surface area contributed by atoms with Crippen LogP contribution in [0.3, 0.4) is 0 Å². The molecule has 3 rings (SSSR count). The Morgan fingerprint density at radius 3 is 2.48 bits per heavy atom. The number of nitrogens with zero attached hydrogens (tertiary/aromatic N) is 4. The number of nitrogens with one attached hydrogen (secondary N) is 1. The van der Waals surface area contributed by atoms with E-state index in [-0.39, 0.29) is 24.1 Å². The molecule has 0 fully saturated rings. The summed E-state index contributed by atoms with van der Waals surface area (Å²) in [5, 5.41) is 6.89. The van der Waals surface area contributed by atoms with Crippen molar-refractivity contribution >= 4 is 42.6 Å². The molecule has 1 atom stereocenters. The molecule has 0 saturated carbocycles. The van der Waals surface area contributed by atoms with Gasteiger partial charge in [0.15, 0.2) is 11.6 Å². The Hall–Kier alpha value is -2.30. The molecule has 1 aromatic carbocycles. The first-order valence-electron chi connectivity index (χ1n) is 7.85. The third kappa shape index (κ3) is 5.40. The van der Waals surface area contributed by atoms with Gasteiger partial charge in [0.1, 0.15) is 6.33 Å². The van der Waals surface area contributed by atoms with Crippen LogP contribution in [0, 0.1) is 0 Å². The molecule has 154 valence electrons. The van der Waals surface area contributed by atoms with E-state index in [0.29, 0.717) is 16.7 Å². The number of hydrogen-bond acceptors (Lipinski definition) is 4. The Kier molecular flexibility index (Phi) is 7.15. The first-order chi connectivity index (χ1) is 13.1. The molecule has 29 heavy (non-hydrogen) atoms. The number of carbonyl (C=O) groups excluding carboxylic acids is 1. The molecular weight excluding hydrogens is 450 g/mol. The summed E-state index contributed by atoms with van der Waals surface area (Å²) in [6.45, 7) is 1.61. The van der Waals surface area contributed by atoms with E-state index in [1.165, 1.54) is 17.2 Å². The maximum atomic E-state index is 12.9. The van der Waals surface area contributed by atoms with Gasteiger partial charge in [-0.3, -0.25) is 4.79 Å². The first-order valence-corrected chi connectivity index (χ1v) is 8.61. The van der Waals surface area contributed by atoms with E-state index in [0.717, 1.165) is 18.2 Å². The van der Waals surface area contributed by atoms with Crippen molar-refractivity contribution in [1.29, 1.82) is 0 Å². The van der Waals surface area contributed by atoms with Crippen LogP contribution >= 0.6 is 36.7 Å². The molecule has 2 heterocycles. The molecule has 12 heteroatoms. The first kappa shape index (κ1) is 23.0. The average molecular weight is 464 g/mol. The second-order valence-electron chi connectivity index (χ2n) is 5.79. The lowest BCUT2D eigenvalue weighted by atomic mass is 10.1. The van der Waals surface area contributed by atoms with E-state index < -0.39 is 23.7 Å². The molecule has 3 aromatic rings. The minimum absolute atomic E-state index is 0. The van der Waals surface area contributed by atoms with Crippen LogP contribution in [0.2, 0.25) is 10.0 Å². The van der Waals surface area contributed by atoms with E-state index in [9.17, 15) is 18.0 Å². The Bertz CT molecular complexity index is 1010. The van der Waals surface area contributed by atoms with Gasteiger partial charge in [-0.15, -0.1) is 0 Å². The van der Waals surface area contributed by atoms with Crippen LogP contribution in [-0.2, 0) is 6.18 Å². The van der Waals surface area contributed by atoms with Gasteiger partial charge >= 0.3 is 6.18 Å². The third-order valence-corrected chi connectivity index (χ3v) is 4.17. The Morgan fingerprint density at radius 2 is 1.86 bits per heavy atom. The van der Waals surface area contributed by atoms with Gasteiger partial charge in [0.25, 0.3) is 5.91 Å². The molecule has 0 aliphatic carbocycles. The summed E-state index contributed by atoms with van der Waals surface area (Å²) in [4.78, 5) is 20.7. The van der Waals surface area contributed by atoms with Crippen LogP contribution in [-0.4, -0.2) is 25.7 Å². The zero-order valence-corrected chi connectivity index (χ0v) is 17.2. The Labute approximate surface area is 180 Å². The van der Waals surface area contributed by atoms with Gasteiger partial charge in [0, 0.05) is 16.8 Å². The van der Waals surface area contributed by atoms with Crippen molar-refractivity contribution in [3.8, 4) is 5.82 Å². The molecule has 0 bridgehead atoms. The summed E-state index contributed by atoms with van der Waals surface area (Å²) < 4.78 is 40.2. The molecule has 0 spiro atoms. The quantitative estimate of drug-likeness (QED) is 0.613. The average Bonchev–Trinajstić information content (AvgIpc) is 3.11. The molecule has 0 aliphatic rings. The van der Waals surface area contributed by atoms with E-state index in [1.54, 1.807) is 19.1 Å². The number of aromatic nitrogens is 4. The normalized spacial score (nSPS) is 12.2. The second-order valence-corrected chi connectivity index (χ2v) is 6.66. The number of benzene rings is 1. The summed E-state index contributed by atoms with van der Waals surface area (Å²) in [5.74, 6) is 0.0143. The highest BCUT2D eigenvalue weighted by atomic mass is 35.5. The highest BCUT2D eigenvalue weighted by molar-refractivity contribution is 7.59. The monoisotopic (exact) mass is 463 g/mol.